The third kappa shape index (κ3) is 29.9. The lowest BCUT2D eigenvalue weighted by Gasteiger charge is -2.15. The van der Waals surface area contributed by atoms with Crippen LogP contribution >= 0.6 is 20.2 Å². The Bertz CT molecular complexity index is 402. The van der Waals surface area contributed by atoms with Crippen LogP contribution < -0.4 is 11.1 Å². The molecule has 1 fully saturated rings. The van der Waals surface area contributed by atoms with Crippen LogP contribution in [0.25, 0.3) is 0 Å². The van der Waals surface area contributed by atoms with E-state index in [0.29, 0.717) is 10.7 Å². The second-order valence-electron chi connectivity index (χ2n) is 7.34. The van der Waals surface area contributed by atoms with Gasteiger partial charge in [0.05, 0.1) is 10.7 Å². The zero-order valence-electron chi connectivity index (χ0n) is 22.3. The van der Waals surface area contributed by atoms with Gasteiger partial charge in [0, 0.05) is 0 Å². The molecule has 1 aromatic carbocycles. The summed E-state index contributed by atoms with van der Waals surface area (Å²) in [6.07, 6.45) is 10.0. The molecule has 1 atom stereocenters. The zero-order chi connectivity index (χ0) is 24.4. The van der Waals surface area contributed by atoms with Gasteiger partial charge in [0.25, 0.3) is 0 Å². The number of rotatable bonds is 2. The van der Waals surface area contributed by atoms with E-state index < -0.39 is 0 Å². The van der Waals surface area contributed by atoms with E-state index >= 15 is 0 Å². The fraction of sp³-hybridized carbons (Fsp3) is 0.769. The van der Waals surface area contributed by atoms with Crippen molar-refractivity contribution in [3.8, 4) is 0 Å². The van der Waals surface area contributed by atoms with Gasteiger partial charge in [0.15, 0.2) is 0 Å². The van der Waals surface area contributed by atoms with Crippen molar-refractivity contribution in [2.45, 2.75) is 101 Å². The molecule has 0 amide bonds. The minimum absolute atomic E-state index is 0.650. The average molecular weight is 463 g/mol. The molecule has 0 saturated heterocycles. The van der Waals surface area contributed by atoms with Crippen LogP contribution in [0.4, 0.5) is 5.69 Å². The van der Waals surface area contributed by atoms with Crippen LogP contribution in [0.5, 0.6) is 0 Å². The third-order valence-corrected chi connectivity index (χ3v) is 5.10. The first kappa shape index (κ1) is 37.0. The Morgan fingerprint density at radius 3 is 1.67 bits per heavy atom. The molecule has 2 nitrogen and oxygen atoms in total. The van der Waals surface area contributed by atoms with Crippen LogP contribution in [-0.4, -0.2) is 26.4 Å². The van der Waals surface area contributed by atoms with Gasteiger partial charge in [-0.05, 0) is 63.4 Å². The SMILES string of the molecule is CC.CC1CCCCC1.CCC.CCNC.CCPC.Cc1cc(C)c(N)c(Cl)c1. The third-order valence-electron chi connectivity index (χ3n) is 4.08. The number of anilines is 1. The van der Waals surface area contributed by atoms with Crippen molar-refractivity contribution >= 4 is 25.9 Å². The highest BCUT2D eigenvalue weighted by atomic mass is 35.5. The van der Waals surface area contributed by atoms with Gasteiger partial charge in [-0.15, -0.1) is 8.58 Å². The standard InChI is InChI=1S/C8H10ClN.C7H14.C3H9N.C3H9P.C3H8.C2H6/c1-5-3-6(2)8(10)7(9)4-5;1-7-5-3-2-4-6-7;2*1-3-4-2;1-3-2;1-2/h3-4H,10H2,1-2H3;7H,2-6H2,1H3;2*4H,3H2,1-2H3;3H2,1-2H3;1-2H3. The van der Waals surface area contributed by atoms with Gasteiger partial charge in [-0.2, -0.15) is 0 Å². The molecular weight excluding hydrogens is 407 g/mol. The van der Waals surface area contributed by atoms with E-state index in [-0.39, 0.29) is 0 Å². The summed E-state index contributed by atoms with van der Waals surface area (Å²) < 4.78 is 0. The Labute approximate surface area is 198 Å². The minimum atomic E-state index is 0.650. The maximum atomic E-state index is 5.79. The predicted octanol–water partition coefficient (Wildman–Crippen LogP) is 9.11. The molecule has 1 saturated carbocycles. The highest BCUT2D eigenvalue weighted by Crippen LogP contribution is 2.23. The smallest absolute Gasteiger partial charge is 0.0640 e. The summed E-state index contributed by atoms with van der Waals surface area (Å²) in [7, 11) is 3.07. The molecular formula is C26H56ClN2P. The Morgan fingerprint density at radius 1 is 1.03 bits per heavy atom. The summed E-state index contributed by atoms with van der Waals surface area (Å²) in [5.41, 5.74) is 8.50. The molecule has 182 valence electrons. The van der Waals surface area contributed by atoms with Crippen molar-refractivity contribution in [3.63, 3.8) is 0 Å². The predicted molar refractivity (Wildman–Crippen MR) is 149 cm³/mol. The molecule has 0 aliphatic heterocycles. The van der Waals surface area contributed by atoms with Crippen molar-refractivity contribution in [2.24, 2.45) is 5.92 Å². The molecule has 0 spiro atoms. The van der Waals surface area contributed by atoms with Crippen LogP contribution in [0.1, 0.15) is 98.1 Å². The van der Waals surface area contributed by atoms with E-state index in [4.69, 9.17) is 17.3 Å². The maximum absolute atomic E-state index is 5.79. The highest BCUT2D eigenvalue weighted by Gasteiger charge is 2.06. The summed E-state index contributed by atoms with van der Waals surface area (Å²) in [5, 5.41) is 3.58. The van der Waals surface area contributed by atoms with Gasteiger partial charge in [-0.3, -0.25) is 0 Å². The summed E-state index contributed by atoms with van der Waals surface area (Å²) in [5.74, 6) is 1.04. The molecule has 1 aromatic rings. The van der Waals surface area contributed by atoms with Crippen molar-refractivity contribution in [3.05, 3.63) is 28.3 Å². The molecule has 0 bridgehead atoms. The maximum Gasteiger partial charge on any atom is 0.0640 e. The number of nitrogen functional groups attached to an aromatic ring is 1. The van der Waals surface area contributed by atoms with Crippen molar-refractivity contribution < 1.29 is 0 Å². The van der Waals surface area contributed by atoms with Crippen LogP contribution in [0, 0.1) is 19.8 Å². The number of hydrogen-bond donors (Lipinski definition) is 2. The molecule has 30 heavy (non-hydrogen) atoms. The summed E-state index contributed by atoms with van der Waals surface area (Å²) in [4.78, 5) is 0. The number of nitrogens with one attached hydrogen (secondary N) is 1. The van der Waals surface area contributed by atoms with Crippen LogP contribution in [0.2, 0.25) is 5.02 Å². The summed E-state index contributed by atoms with van der Waals surface area (Å²) >= 11 is 5.79. The van der Waals surface area contributed by atoms with Crippen molar-refractivity contribution in [1.82, 2.24) is 5.32 Å². The normalized spacial score (nSPS) is 12.4. The van der Waals surface area contributed by atoms with E-state index in [1.807, 2.05) is 46.9 Å². The molecule has 3 N–H and O–H groups in total. The second kappa shape index (κ2) is 30.9. The first-order chi connectivity index (χ1) is 14.2. The van der Waals surface area contributed by atoms with Gasteiger partial charge < -0.3 is 11.1 Å². The van der Waals surface area contributed by atoms with E-state index in [1.54, 1.807) is 0 Å². The highest BCUT2D eigenvalue weighted by molar-refractivity contribution is 7.36. The first-order valence-electron chi connectivity index (χ1n) is 12.1. The quantitative estimate of drug-likeness (QED) is 0.339. The van der Waals surface area contributed by atoms with Crippen molar-refractivity contribution in [2.75, 3.05) is 32.2 Å². The molecule has 0 heterocycles. The zero-order valence-corrected chi connectivity index (χ0v) is 24.1. The van der Waals surface area contributed by atoms with Gasteiger partial charge >= 0.3 is 0 Å². The van der Waals surface area contributed by atoms with Crippen LogP contribution in [0.15, 0.2) is 12.1 Å². The van der Waals surface area contributed by atoms with E-state index in [0.717, 1.165) is 32.2 Å². The molecule has 0 aromatic heterocycles. The topological polar surface area (TPSA) is 38.0 Å². The fourth-order valence-electron chi connectivity index (χ4n) is 2.23. The Morgan fingerprint density at radius 2 is 1.43 bits per heavy atom. The number of hydrogen-bond acceptors (Lipinski definition) is 2. The summed E-state index contributed by atoms with van der Waals surface area (Å²) in [6, 6.07) is 3.88. The van der Waals surface area contributed by atoms with Gasteiger partial charge in [0.2, 0.25) is 0 Å². The van der Waals surface area contributed by atoms with Crippen LogP contribution in [0.3, 0.4) is 0 Å². The lowest BCUT2D eigenvalue weighted by atomic mass is 9.91. The second-order valence-corrected chi connectivity index (χ2v) is 9.16. The van der Waals surface area contributed by atoms with Gasteiger partial charge in [-0.1, -0.05) is 105 Å². The number of halogens is 1. The molecule has 1 aliphatic rings. The summed E-state index contributed by atoms with van der Waals surface area (Å²) in [6.45, 7) is 22.1. The molecule has 1 aliphatic carbocycles. The molecule has 2 rings (SSSR count). The van der Waals surface area contributed by atoms with Gasteiger partial charge in [0.1, 0.15) is 0 Å². The first-order valence-corrected chi connectivity index (χ1v) is 14.1. The number of benzene rings is 1. The molecule has 1 unspecified atom stereocenters. The fourth-order valence-corrected chi connectivity index (χ4v) is 2.55. The number of nitrogens with two attached hydrogens (primary N) is 1. The lowest BCUT2D eigenvalue weighted by Crippen LogP contribution is -2.01. The minimum Gasteiger partial charge on any atom is -0.397 e. The molecule has 4 heteroatoms. The van der Waals surface area contributed by atoms with E-state index in [9.17, 15) is 0 Å². The Hall–Kier alpha value is -0.300. The van der Waals surface area contributed by atoms with Crippen molar-refractivity contribution in [1.29, 1.82) is 0 Å². The lowest BCUT2D eigenvalue weighted by molar-refractivity contribution is 0.385. The van der Waals surface area contributed by atoms with E-state index in [1.165, 1.54) is 44.7 Å². The van der Waals surface area contributed by atoms with Crippen LogP contribution in [-0.2, 0) is 0 Å². The Kier molecular flexibility index (Phi) is 38.1. The van der Waals surface area contributed by atoms with Gasteiger partial charge in [-0.25, -0.2) is 0 Å². The Balaban J connectivity index is -0.000000149. The number of aryl methyl sites for hydroxylation is 2. The monoisotopic (exact) mass is 462 g/mol. The van der Waals surface area contributed by atoms with E-state index in [2.05, 4.69) is 46.6 Å². The molecule has 0 radical (unpaired) electrons. The largest absolute Gasteiger partial charge is 0.397 e. The average Bonchev–Trinajstić information content (AvgIpc) is 2.75.